The predicted octanol–water partition coefficient (Wildman–Crippen LogP) is 1.58. The van der Waals surface area contributed by atoms with Crippen molar-refractivity contribution in [3.05, 3.63) is 22.1 Å². The SMILES string of the molecule is Cc1cnc(SC(C)C)[nH]c1=O. The third-order valence-electron chi connectivity index (χ3n) is 1.30. The lowest BCUT2D eigenvalue weighted by Crippen LogP contribution is -2.11. The van der Waals surface area contributed by atoms with Crippen LogP contribution in [0.2, 0.25) is 0 Å². The second kappa shape index (κ2) is 3.76. The van der Waals surface area contributed by atoms with Crippen molar-refractivity contribution in [2.75, 3.05) is 0 Å². The molecule has 0 aliphatic rings. The van der Waals surface area contributed by atoms with Gasteiger partial charge in [0.25, 0.3) is 5.56 Å². The lowest BCUT2D eigenvalue weighted by Gasteiger charge is -2.02. The van der Waals surface area contributed by atoms with Crippen molar-refractivity contribution in [3.63, 3.8) is 0 Å². The summed E-state index contributed by atoms with van der Waals surface area (Å²) in [5, 5.41) is 1.14. The minimum atomic E-state index is -0.0480. The zero-order valence-electron chi connectivity index (χ0n) is 7.42. The first-order chi connectivity index (χ1) is 5.59. The minimum absolute atomic E-state index is 0.0480. The number of nitrogens with one attached hydrogen (secondary N) is 1. The molecular formula is C8H12N2OS. The van der Waals surface area contributed by atoms with Crippen molar-refractivity contribution in [2.24, 2.45) is 0 Å². The zero-order chi connectivity index (χ0) is 9.14. The highest BCUT2D eigenvalue weighted by atomic mass is 32.2. The predicted molar refractivity (Wildman–Crippen MR) is 50.6 cm³/mol. The summed E-state index contributed by atoms with van der Waals surface area (Å²) in [5.41, 5.74) is 0.608. The molecular weight excluding hydrogens is 172 g/mol. The molecule has 0 spiro atoms. The highest BCUT2D eigenvalue weighted by molar-refractivity contribution is 7.99. The first-order valence-corrected chi connectivity index (χ1v) is 4.70. The summed E-state index contributed by atoms with van der Waals surface area (Å²) in [6.07, 6.45) is 1.60. The van der Waals surface area contributed by atoms with Crippen molar-refractivity contribution in [2.45, 2.75) is 31.2 Å². The Morgan fingerprint density at radius 1 is 1.58 bits per heavy atom. The Morgan fingerprint density at radius 2 is 2.25 bits per heavy atom. The standard InChI is InChI=1S/C8H12N2OS/c1-5(2)12-8-9-4-6(3)7(11)10-8/h4-5H,1-3H3,(H,9,10,11). The second-order valence-corrected chi connectivity index (χ2v) is 4.43. The summed E-state index contributed by atoms with van der Waals surface area (Å²) in [5.74, 6) is 0. The molecule has 0 saturated carbocycles. The first-order valence-electron chi connectivity index (χ1n) is 3.82. The van der Waals surface area contributed by atoms with Crippen LogP contribution in [0.4, 0.5) is 0 Å². The zero-order valence-corrected chi connectivity index (χ0v) is 8.23. The molecule has 0 fully saturated rings. The van der Waals surface area contributed by atoms with E-state index in [0.29, 0.717) is 16.0 Å². The van der Waals surface area contributed by atoms with E-state index < -0.39 is 0 Å². The topological polar surface area (TPSA) is 45.8 Å². The molecule has 4 heteroatoms. The van der Waals surface area contributed by atoms with Crippen molar-refractivity contribution in [1.82, 2.24) is 9.97 Å². The number of aromatic nitrogens is 2. The van der Waals surface area contributed by atoms with Crippen LogP contribution in [0.3, 0.4) is 0 Å². The van der Waals surface area contributed by atoms with Gasteiger partial charge in [0.1, 0.15) is 0 Å². The lowest BCUT2D eigenvalue weighted by molar-refractivity contribution is 0.909. The Morgan fingerprint density at radius 3 is 2.75 bits per heavy atom. The molecule has 0 atom stereocenters. The Hall–Kier alpha value is -0.770. The number of nitrogens with zero attached hydrogens (tertiary/aromatic N) is 1. The highest BCUT2D eigenvalue weighted by Gasteiger charge is 2.01. The highest BCUT2D eigenvalue weighted by Crippen LogP contribution is 2.16. The second-order valence-electron chi connectivity index (χ2n) is 2.87. The van der Waals surface area contributed by atoms with Gasteiger partial charge < -0.3 is 4.98 Å². The van der Waals surface area contributed by atoms with E-state index in [1.54, 1.807) is 24.9 Å². The number of H-pyrrole nitrogens is 1. The Bertz CT molecular complexity index is 319. The average Bonchev–Trinajstić information content (AvgIpc) is 1.96. The Labute approximate surface area is 75.6 Å². The van der Waals surface area contributed by atoms with Gasteiger partial charge in [-0.3, -0.25) is 4.79 Å². The summed E-state index contributed by atoms with van der Waals surface area (Å²) in [6, 6.07) is 0. The maximum Gasteiger partial charge on any atom is 0.254 e. The van der Waals surface area contributed by atoms with Gasteiger partial charge in [-0.1, -0.05) is 25.6 Å². The smallest absolute Gasteiger partial charge is 0.254 e. The molecule has 0 aromatic carbocycles. The van der Waals surface area contributed by atoms with Crippen LogP contribution in [0.15, 0.2) is 16.1 Å². The number of aromatic amines is 1. The molecule has 1 aromatic heterocycles. The van der Waals surface area contributed by atoms with Crippen LogP contribution in [0, 0.1) is 6.92 Å². The number of thioether (sulfide) groups is 1. The number of hydrogen-bond acceptors (Lipinski definition) is 3. The quantitative estimate of drug-likeness (QED) is 0.560. The molecule has 0 aliphatic heterocycles. The number of rotatable bonds is 2. The van der Waals surface area contributed by atoms with Crippen LogP contribution in [-0.4, -0.2) is 15.2 Å². The van der Waals surface area contributed by atoms with Gasteiger partial charge >= 0.3 is 0 Å². The molecule has 66 valence electrons. The van der Waals surface area contributed by atoms with Crippen LogP contribution in [0.5, 0.6) is 0 Å². The van der Waals surface area contributed by atoms with Gasteiger partial charge in [0.2, 0.25) is 0 Å². The molecule has 1 heterocycles. The van der Waals surface area contributed by atoms with Crippen molar-refractivity contribution >= 4 is 11.8 Å². The van der Waals surface area contributed by atoms with E-state index in [1.165, 1.54) is 0 Å². The van der Waals surface area contributed by atoms with E-state index in [9.17, 15) is 4.79 Å². The Balaban J connectivity index is 2.90. The van der Waals surface area contributed by atoms with Gasteiger partial charge in [0, 0.05) is 17.0 Å². The van der Waals surface area contributed by atoms with Crippen LogP contribution < -0.4 is 5.56 Å². The van der Waals surface area contributed by atoms with Crippen molar-refractivity contribution in [1.29, 1.82) is 0 Å². The summed E-state index contributed by atoms with van der Waals surface area (Å²) in [4.78, 5) is 17.9. The fraction of sp³-hybridized carbons (Fsp3) is 0.500. The van der Waals surface area contributed by atoms with Gasteiger partial charge in [-0.2, -0.15) is 0 Å². The number of aryl methyl sites for hydroxylation is 1. The summed E-state index contributed by atoms with van der Waals surface area (Å²) >= 11 is 1.55. The van der Waals surface area contributed by atoms with E-state index in [1.807, 2.05) is 0 Å². The molecule has 0 radical (unpaired) electrons. The van der Waals surface area contributed by atoms with Crippen molar-refractivity contribution < 1.29 is 0 Å². The molecule has 0 bridgehead atoms. The van der Waals surface area contributed by atoms with Crippen LogP contribution in [-0.2, 0) is 0 Å². The van der Waals surface area contributed by atoms with Crippen LogP contribution in [0.1, 0.15) is 19.4 Å². The third-order valence-corrected chi connectivity index (χ3v) is 2.20. The van der Waals surface area contributed by atoms with E-state index >= 15 is 0 Å². The van der Waals surface area contributed by atoms with E-state index in [0.717, 1.165) is 0 Å². The van der Waals surface area contributed by atoms with Gasteiger partial charge in [-0.05, 0) is 6.92 Å². The van der Waals surface area contributed by atoms with Crippen LogP contribution in [0.25, 0.3) is 0 Å². The number of hydrogen-bond donors (Lipinski definition) is 1. The molecule has 1 aromatic rings. The molecule has 12 heavy (non-hydrogen) atoms. The molecule has 3 nitrogen and oxygen atoms in total. The van der Waals surface area contributed by atoms with Gasteiger partial charge in [0.15, 0.2) is 5.16 Å². The molecule has 0 amide bonds. The minimum Gasteiger partial charge on any atom is -0.301 e. The summed E-state index contributed by atoms with van der Waals surface area (Å²) in [6.45, 7) is 5.87. The molecule has 1 rings (SSSR count). The van der Waals surface area contributed by atoms with Crippen molar-refractivity contribution in [3.8, 4) is 0 Å². The lowest BCUT2D eigenvalue weighted by atomic mass is 10.4. The molecule has 0 unspecified atom stereocenters. The average molecular weight is 184 g/mol. The fourth-order valence-electron chi connectivity index (χ4n) is 0.725. The van der Waals surface area contributed by atoms with E-state index in [4.69, 9.17) is 0 Å². The van der Waals surface area contributed by atoms with E-state index in [2.05, 4.69) is 23.8 Å². The first kappa shape index (κ1) is 9.32. The van der Waals surface area contributed by atoms with Gasteiger partial charge in [0.05, 0.1) is 0 Å². The molecule has 0 aliphatic carbocycles. The maximum absolute atomic E-state index is 11.1. The van der Waals surface area contributed by atoms with E-state index in [-0.39, 0.29) is 5.56 Å². The van der Waals surface area contributed by atoms with Gasteiger partial charge in [-0.15, -0.1) is 0 Å². The Kier molecular flexibility index (Phi) is 2.92. The fourth-order valence-corrected chi connectivity index (χ4v) is 1.44. The normalized spacial score (nSPS) is 10.7. The third kappa shape index (κ3) is 2.37. The summed E-state index contributed by atoms with van der Waals surface area (Å²) < 4.78 is 0. The molecule has 1 N–H and O–H groups in total. The maximum atomic E-state index is 11.1. The van der Waals surface area contributed by atoms with Crippen LogP contribution >= 0.6 is 11.8 Å². The molecule has 0 saturated heterocycles. The summed E-state index contributed by atoms with van der Waals surface area (Å²) in [7, 11) is 0. The van der Waals surface area contributed by atoms with Gasteiger partial charge in [-0.25, -0.2) is 4.98 Å². The monoisotopic (exact) mass is 184 g/mol. The largest absolute Gasteiger partial charge is 0.301 e.